The van der Waals surface area contributed by atoms with Gasteiger partial charge in [-0.05, 0) is 18.6 Å². The average molecular weight is 124 g/mol. The minimum Gasteiger partial charge on any atom is -0.380 e. The molecular formula is C8H12O. The molecule has 0 aromatic carbocycles. The van der Waals surface area contributed by atoms with E-state index in [1.165, 1.54) is 0 Å². The zero-order valence-electron chi connectivity index (χ0n) is 5.76. The molecule has 0 rings (SSSR count). The van der Waals surface area contributed by atoms with Gasteiger partial charge in [-0.2, -0.15) is 0 Å². The molecule has 0 bridgehead atoms. The molecule has 0 spiro atoms. The van der Waals surface area contributed by atoms with Crippen LogP contribution in [0.5, 0.6) is 0 Å². The molecule has 0 fully saturated rings. The Morgan fingerprint density at radius 1 is 1.56 bits per heavy atom. The Morgan fingerprint density at radius 3 is 2.89 bits per heavy atom. The van der Waals surface area contributed by atoms with E-state index in [9.17, 15) is 0 Å². The summed E-state index contributed by atoms with van der Waals surface area (Å²) in [5.41, 5.74) is 2.94. The third-order valence-corrected chi connectivity index (χ3v) is 0.770. The fourth-order valence-electron chi connectivity index (χ4n) is 0.366. The first-order valence-corrected chi connectivity index (χ1v) is 2.91. The third kappa shape index (κ3) is 7.22. The molecule has 0 radical (unpaired) electrons. The maximum atomic E-state index is 4.76. The fraction of sp³-hybridized carbons (Fsp3) is 0.375. The molecule has 0 aromatic rings. The lowest BCUT2D eigenvalue weighted by atomic mass is 10.4. The van der Waals surface area contributed by atoms with Gasteiger partial charge in [0.1, 0.15) is 0 Å². The minimum absolute atomic E-state index is 0.633. The van der Waals surface area contributed by atoms with Crippen LogP contribution in [0, 0.1) is 0 Å². The first-order valence-electron chi connectivity index (χ1n) is 2.91. The van der Waals surface area contributed by atoms with Crippen molar-refractivity contribution < 1.29 is 4.74 Å². The Bertz CT molecular complexity index is 119. The van der Waals surface area contributed by atoms with E-state index in [-0.39, 0.29) is 0 Å². The van der Waals surface area contributed by atoms with Crippen LogP contribution < -0.4 is 0 Å². The lowest BCUT2D eigenvalue weighted by Gasteiger charge is -1.81. The number of allylic oxidation sites excluding steroid dienone is 1. The molecule has 1 nitrogen and oxygen atoms in total. The predicted octanol–water partition coefficient (Wildman–Crippen LogP) is 1.92. The highest BCUT2D eigenvalue weighted by Gasteiger charge is 1.65. The molecule has 0 atom stereocenters. The highest BCUT2D eigenvalue weighted by atomic mass is 16.5. The van der Waals surface area contributed by atoms with Gasteiger partial charge in [0.2, 0.25) is 0 Å². The van der Waals surface area contributed by atoms with E-state index in [2.05, 4.69) is 12.3 Å². The van der Waals surface area contributed by atoms with Crippen LogP contribution in [0.15, 0.2) is 30.5 Å². The molecule has 0 aliphatic carbocycles. The summed E-state index contributed by atoms with van der Waals surface area (Å²) in [6, 6.07) is 0. The van der Waals surface area contributed by atoms with Crippen molar-refractivity contribution in [3.63, 3.8) is 0 Å². The summed E-state index contributed by atoms with van der Waals surface area (Å²) in [7, 11) is 1.66. The quantitative estimate of drug-likeness (QED) is 0.411. The van der Waals surface area contributed by atoms with Crippen molar-refractivity contribution in [2.45, 2.75) is 6.42 Å². The maximum absolute atomic E-state index is 4.76. The van der Waals surface area contributed by atoms with Gasteiger partial charge in [0.05, 0.1) is 6.61 Å². The van der Waals surface area contributed by atoms with Crippen molar-refractivity contribution in [1.82, 2.24) is 0 Å². The second-order valence-corrected chi connectivity index (χ2v) is 1.55. The first kappa shape index (κ1) is 8.22. The van der Waals surface area contributed by atoms with Gasteiger partial charge >= 0.3 is 0 Å². The van der Waals surface area contributed by atoms with Gasteiger partial charge in [-0.3, -0.25) is 0 Å². The fourth-order valence-corrected chi connectivity index (χ4v) is 0.366. The van der Waals surface area contributed by atoms with Gasteiger partial charge in [0.25, 0.3) is 0 Å². The molecule has 0 aromatic heterocycles. The summed E-state index contributed by atoms with van der Waals surface area (Å²) in [6.45, 7) is 4.19. The molecular weight excluding hydrogens is 112 g/mol. The molecule has 0 amide bonds. The van der Waals surface area contributed by atoms with Gasteiger partial charge in [0, 0.05) is 7.11 Å². The number of methoxy groups -OCH3 is 1. The summed E-state index contributed by atoms with van der Waals surface area (Å²) in [6.07, 6.45) is 6.45. The van der Waals surface area contributed by atoms with Crippen LogP contribution in [0.2, 0.25) is 0 Å². The van der Waals surface area contributed by atoms with E-state index < -0.39 is 0 Å². The number of hydrogen-bond acceptors (Lipinski definition) is 1. The van der Waals surface area contributed by atoms with E-state index in [4.69, 9.17) is 4.74 Å². The van der Waals surface area contributed by atoms with Gasteiger partial charge in [-0.15, -0.1) is 12.3 Å². The smallest absolute Gasteiger partial charge is 0.0717 e. The highest BCUT2D eigenvalue weighted by molar-refractivity contribution is 4.89. The number of ether oxygens (including phenoxy) is 1. The summed E-state index contributed by atoms with van der Waals surface area (Å²) in [5.74, 6) is 0. The van der Waals surface area contributed by atoms with Crippen LogP contribution in [0.3, 0.4) is 0 Å². The maximum Gasteiger partial charge on any atom is 0.0717 e. The molecule has 0 saturated heterocycles. The van der Waals surface area contributed by atoms with Gasteiger partial charge < -0.3 is 4.74 Å². The lowest BCUT2D eigenvalue weighted by molar-refractivity contribution is 0.234. The van der Waals surface area contributed by atoms with E-state index >= 15 is 0 Å². The second-order valence-electron chi connectivity index (χ2n) is 1.55. The SMILES string of the molecule is C=CCC=C=CCOC. The summed E-state index contributed by atoms with van der Waals surface area (Å²) in [5, 5.41) is 0. The molecule has 0 aliphatic heterocycles. The molecule has 0 heterocycles. The van der Waals surface area contributed by atoms with Crippen LogP contribution in [-0.4, -0.2) is 13.7 Å². The Labute approximate surface area is 56.3 Å². The molecule has 0 unspecified atom stereocenters. The Hall–Kier alpha value is -0.780. The monoisotopic (exact) mass is 124 g/mol. The summed E-state index contributed by atoms with van der Waals surface area (Å²) in [4.78, 5) is 0. The van der Waals surface area contributed by atoms with Crippen molar-refractivity contribution in [2.75, 3.05) is 13.7 Å². The molecule has 0 aliphatic rings. The molecule has 0 saturated carbocycles. The van der Waals surface area contributed by atoms with E-state index in [1.807, 2.05) is 18.2 Å². The van der Waals surface area contributed by atoms with Crippen LogP contribution in [0.25, 0.3) is 0 Å². The molecule has 9 heavy (non-hydrogen) atoms. The van der Waals surface area contributed by atoms with Crippen molar-refractivity contribution >= 4 is 0 Å². The standard InChI is InChI=1S/C8H12O/c1-3-4-5-6-7-8-9-2/h3,5,7H,1,4,8H2,2H3. The number of rotatable bonds is 4. The zero-order chi connectivity index (χ0) is 6.95. The first-order chi connectivity index (χ1) is 4.41. The Kier molecular flexibility index (Phi) is 6.59. The van der Waals surface area contributed by atoms with Crippen LogP contribution >= 0.6 is 0 Å². The average Bonchev–Trinajstić information content (AvgIpc) is 1.89. The van der Waals surface area contributed by atoms with Crippen LogP contribution in [0.1, 0.15) is 6.42 Å². The summed E-state index contributed by atoms with van der Waals surface area (Å²) < 4.78 is 4.76. The van der Waals surface area contributed by atoms with Crippen LogP contribution in [-0.2, 0) is 4.74 Å². The van der Waals surface area contributed by atoms with E-state index in [1.54, 1.807) is 7.11 Å². The Morgan fingerprint density at radius 2 is 2.33 bits per heavy atom. The van der Waals surface area contributed by atoms with Crippen molar-refractivity contribution in [3.05, 3.63) is 30.5 Å². The predicted molar refractivity (Wildman–Crippen MR) is 39.3 cm³/mol. The topological polar surface area (TPSA) is 9.23 Å². The normalized spacial score (nSPS) is 7.67. The Balaban J connectivity index is 3.29. The van der Waals surface area contributed by atoms with Crippen LogP contribution in [0.4, 0.5) is 0 Å². The zero-order valence-corrected chi connectivity index (χ0v) is 5.76. The third-order valence-electron chi connectivity index (χ3n) is 0.770. The van der Waals surface area contributed by atoms with Gasteiger partial charge in [-0.25, -0.2) is 0 Å². The minimum atomic E-state index is 0.633. The van der Waals surface area contributed by atoms with E-state index in [0.29, 0.717) is 6.61 Å². The summed E-state index contributed by atoms with van der Waals surface area (Å²) >= 11 is 0. The van der Waals surface area contributed by atoms with Gasteiger partial charge in [0.15, 0.2) is 0 Å². The second kappa shape index (κ2) is 7.22. The van der Waals surface area contributed by atoms with Crippen molar-refractivity contribution in [2.24, 2.45) is 0 Å². The number of hydrogen-bond donors (Lipinski definition) is 0. The highest BCUT2D eigenvalue weighted by Crippen LogP contribution is 1.79. The largest absolute Gasteiger partial charge is 0.380 e. The molecule has 1 heteroatoms. The molecule has 50 valence electrons. The lowest BCUT2D eigenvalue weighted by Crippen LogP contribution is -1.77. The van der Waals surface area contributed by atoms with Gasteiger partial charge in [-0.1, -0.05) is 6.08 Å². The van der Waals surface area contributed by atoms with E-state index in [0.717, 1.165) is 6.42 Å². The molecule has 0 N–H and O–H groups in total. The van der Waals surface area contributed by atoms with Crippen molar-refractivity contribution in [3.8, 4) is 0 Å². The van der Waals surface area contributed by atoms with Crippen molar-refractivity contribution in [1.29, 1.82) is 0 Å².